The first-order valence-electron chi connectivity index (χ1n) is 25.8. The van der Waals surface area contributed by atoms with Crippen LogP contribution in [0.1, 0.15) is 230 Å². The molecule has 4 aromatic carbocycles. The van der Waals surface area contributed by atoms with E-state index in [1.54, 1.807) is 0 Å². The summed E-state index contributed by atoms with van der Waals surface area (Å²) >= 11 is 0. The molecule has 3 fully saturated rings. The molecule has 6 heteroatoms. The smallest absolute Gasteiger partial charge is 0.102 e. The molecule has 0 bridgehead atoms. The number of hydroxylamine groups is 6. The number of piperidine rings is 3. The Bertz CT molecular complexity index is 2250. The number of benzene rings is 4. The van der Waals surface area contributed by atoms with E-state index in [0.29, 0.717) is 0 Å². The maximum Gasteiger partial charge on any atom is 0.102 e. The van der Waals surface area contributed by atoms with E-state index in [9.17, 15) is 0 Å². The van der Waals surface area contributed by atoms with Crippen LogP contribution in [-0.2, 0) is 14.5 Å². The van der Waals surface area contributed by atoms with Crippen LogP contribution in [0.4, 0.5) is 0 Å². The molecule has 0 aromatic heterocycles. The summed E-state index contributed by atoms with van der Waals surface area (Å²) in [6.07, 6.45) is 10.1. The van der Waals surface area contributed by atoms with Crippen molar-refractivity contribution >= 4 is 0 Å². The molecular formula is C63H81N3O3. The van der Waals surface area contributed by atoms with Gasteiger partial charge in [-0.1, -0.05) is 71.9 Å². The second-order valence-electron chi connectivity index (χ2n) is 24.0. The number of hydrogen-bond acceptors (Lipinski definition) is 6. The lowest BCUT2D eigenvalue weighted by Gasteiger charge is -2.52. The van der Waals surface area contributed by atoms with Gasteiger partial charge in [0, 0.05) is 66.6 Å². The maximum absolute atomic E-state index is 6.69. The Morgan fingerprint density at radius 3 is 0.710 bits per heavy atom. The quantitative estimate of drug-likeness (QED) is 0.156. The molecule has 0 saturated carbocycles. The highest BCUT2D eigenvalue weighted by molar-refractivity contribution is 5.55. The van der Waals surface area contributed by atoms with Gasteiger partial charge in [0.15, 0.2) is 0 Å². The fourth-order valence-electron chi connectivity index (χ4n) is 11.2. The zero-order valence-electron chi connectivity index (χ0n) is 44.8. The van der Waals surface area contributed by atoms with Crippen LogP contribution in [0.5, 0.6) is 0 Å². The topological polar surface area (TPSA) is 37.4 Å². The summed E-state index contributed by atoms with van der Waals surface area (Å²) in [4.78, 5) is 20.1. The minimum absolute atomic E-state index is 0.0225. The third kappa shape index (κ3) is 12.8. The van der Waals surface area contributed by atoms with Crippen molar-refractivity contribution in [2.75, 3.05) is 0 Å². The fraction of sp³-hybridized carbons (Fsp3) is 0.524. The highest BCUT2D eigenvalue weighted by Crippen LogP contribution is 2.43. The molecule has 0 amide bonds. The number of rotatable bonds is 9. The molecule has 3 unspecified atom stereocenters. The molecule has 3 saturated heterocycles. The van der Waals surface area contributed by atoms with E-state index in [4.69, 9.17) is 14.5 Å². The van der Waals surface area contributed by atoms with E-state index >= 15 is 0 Å². The second-order valence-corrected chi connectivity index (χ2v) is 24.0. The molecule has 3 atom stereocenters. The predicted octanol–water partition coefficient (Wildman–Crippen LogP) is 15.0. The molecule has 7 rings (SSSR count). The SMILES string of the molecule is CC(ON1C(C)(C)CCCC1(C)C)c1ccc(C#Cc2cc(C#Cc3ccc(C(C)ON4C(C)(C)CCCC4(C)C)cc3)cc(C#Cc3ccc(C(C)ON4C(C)(C)CCCC4(C)C)cc3)c2)cc1. The van der Waals surface area contributed by atoms with Crippen molar-refractivity contribution in [3.05, 3.63) is 141 Å². The highest BCUT2D eigenvalue weighted by atomic mass is 16.7. The van der Waals surface area contributed by atoms with E-state index in [2.05, 4.69) is 246 Å². The summed E-state index contributed by atoms with van der Waals surface area (Å²) in [5.74, 6) is 20.6. The molecule has 366 valence electrons. The lowest BCUT2D eigenvalue weighted by Crippen LogP contribution is -2.58. The van der Waals surface area contributed by atoms with Crippen LogP contribution in [0.25, 0.3) is 0 Å². The van der Waals surface area contributed by atoms with Gasteiger partial charge in [0.05, 0.1) is 0 Å². The van der Waals surface area contributed by atoms with E-state index in [0.717, 1.165) is 88.6 Å². The Hall–Kier alpha value is -4.68. The van der Waals surface area contributed by atoms with Gasteiger partial charge in [-0.15, -0.1) is 0 Å². The molecule has 4 aromatic rings. The van der Waals surface area contributed by atoms with Crippen LogP contribution in [0.3, 0.4) is 0 Å². The largest absolute Gasteiger partial charge is 0.290 e. The fourth-order valence-corrected chi connectivity index (χ4v) is 11.2. The van der Waals surface area contributed by atoms with Crippen LogP contribution in [0.15, 0.2) is 91.0 Å². The first-order valence-corrected chi connectivity index (χ1v) is 25.8. The third-order valence-corrected chi connectivity index (χ3v) is 14.9. The molecule has 0 spiro atoms. The summed E-state index contributed by atoms with van der Waals surface area (Å²) in [5, 5.41) is 6.72. The summed E-state index contributed by atoms with van der Waals surface area (Å²) in [7, 11) is 0. The van der Waals surface area contributed by atoms with Crippen molar-refractivity contribution in [2.45, 2.75) is 213 Å². The Morgan fingerprint density at radius 1 is 0.319 bits per heavy atom. The molecular weight excluding hydrogens is 847 g/mol. The Labute approximate surface area is 417 Å². The molecule has 3 aliphatic rings. The predicted molar refractivity (Wildman–Crippen MR) is 284 cm³/mol. The van der Waals surface area contributed by atoms with Crippen molar-refractivity contribution in [3.63, 3.8) is 0 Å². The van der Waals surface area contributed by atoms with Crippen LogP contribution >= 0.6 is 0 Å². The van der Waals surface area contributed by atoms with Crippen molar-refractivity contribution in [1.82, 2.24) is 15.2 Å². The van der Waals surface area contributed by atoms with Crippen molar-refractivity contribution in [2.24, 2.45) is 0 Å². The van der Waals surface area contributed by atoms with Crippen molar-refractivity contribution in [1.29, 1.82) is 0 Å². The van der Waals surface area contributed by atoms with E-state index in [-0.39, 0.29) is 51.5 Å². The molecule has 0 radical (unpaired) electrons. The van der Waals surface area contributed by atoms with E-state index in [1.165, 1.54) is 19.3 Å². The average Bonchev–Trinajstić information content (AvgIpc) is 3.28. The molecule has 0 aliphatic carbocycles. The van der Waals surface area contributed by atoms with Gasteiger partial charge >= 0.3 is 0 Å². The van der Waals surface area contributed by atoms with Gasteiger partial charge in [0.25, 0.3) is 0 Å². The minimum Gasteiger partial charge on any atom is -0.290 e. The zero-order chi connectivity index (χ0) is 50.0. The Balaban J connectivity index is 1.11. The normalized spacial score (nSPS) is 21.8. The first kappa shape index (κ1) is 52.2. The van der Waals surface area contributed by atoms with Gasteiger partial charge in [0.1, 0.15) is 18.3 Å². The van der Waals surface area contributed by atoms with Gasteiger partial charge in [-0.05, 0) is 233 Å². The molecule has 6 nitrogen and oxygen atoms in total. The van der Waals surface area contributed by atoms with Crippen LogP contribution in [0, 0.1) is 35.5 Å². The Morgan fingerprint density at radius 2 is 0.507 bits per heavy atom. The summed E-state index contributed by atoms with van der Waals surface area (Å²) in [6, 6.07) is 31.5. The molecule has 69 heavy (non-hydrogen) atoms. The summed E-state index contributed by atoms with van der Waals surface area (Å²) < 4.78 is 0. The van der Waals surface area contributed by atoms with E-state index in [1.807, 2.05) is 0 Å². The Kier molecular flexibility index (Phi) is 15.6. The minimum atomic E-state index is -0.0836. The monoisotopic (exact) mass is 928 g/mol. The molecule has 3 aliphatic heterocycles. The second kappa shape index (κ2) is 20.6. The lowest BCUT2D eigenvalue weighted by atomic mass is 9.82. The first-order chi connectivity index (χ1) is 32.3. The standard InChI is InChI=1S/C63H81N3O3/c1-46(67-64-58(4,5)37-16-38-59(64,6)7)55-31-25-49(26-32-55)19-22-52-43-53(23-20-50-27-33-56(34-28-50)47(2)68-65-60(8,9)39-17-40-61(65,10)11)45-54(44-52)24-21-51-29-35-57(36-30-51)48(3)69-66-62(12,13)41-18-42-63(66,14)15/h25-36,43-48H,16-18,37-42H2,1-15H3. The molecule has 3 heterocycles. The van der Waals surface area contributed by atoms with Crippen molar-refractivity contribution < 1.29 is 14.5 Å². The van der Waals surface area contributed by atoms with Gasteiger partial charge in [-0.3, -0.25) is 14.5 Å². The van der Waals surface area contributed by atoms with Crippen LogP contribution in [0.2, 0.25) is 0 Å². The van der Waals surface area contributed by atoms with Crippen LogP contribution in [-0.4, -0.2) is 48.4 Å². The lowest BCUT2D eigenvalue weighted by molar-refractivity contribution is -0.304. The van der Waals surface area contributed by atoms with Gasteiger partial charge < -0.3 is 0 Å². The van der Waals surface area contributed by atoms with Crippen molar-refractivity contribution in [3.8, 4) is 35.5 Å². The van der Waals surface area contributed by atoms with E-state index < -0.39 is 0 Å². The summed E-state index contributed by atoms with van der Waals surface area (Å²) in [6.45, 7) is 33.8. The zero-order valence-corrected chi connectivity index (χ0v) is 44.8. The molecule has 0 N–H and O–H groups in total. The van der Waals surface area contributed by atoms with Crippen LogP contribution < -0.4 is 0 Å². The average molecular weight is 928 g/mol. The third-order valence-electron chi connectivity index (χ3n) is 14.9. The number of nitrogens with zero attached hydrogens (tertiary/aromatic N) is 3. The summed E-state index contributed by atoms with van der Waals surface area (Å²) in [5.41, 5.74) is 8.63. The van der Waals surface area contributed by atoms with Gasteiger partial charge in [-0.25, -0.2) is 0 Å². The van der Waals surface area contributed by atoms with Gasteiger partial charge in [-0.2, -0.15) is 15.2 Å². The highest BCUT2D eigenvalue weighted by Gasteiger charge is 2.45. The maximum atomic E-state index is 6.69. The van der Waals surface area contributed by atoms with Gasteiger partial charge in [0.2, 0.25) is 0 Å². The number of hydrogen-bond donors (Lipinski definition) is 0.